The van der Waals surface area contributed by atoms with Gasteiger partial charge in [0.15, 0.2) is 0 Å². The molecule has 12 heavy (non-hydrogen) atoms. The van der Waals surface area contributed by atoms with Crippen LogP contribution in [-0.4, -0.2) is 10.5 Å². The van der Waals surface area contributed by atoms with Crippen LogP contribution in [0.3, 0.4) is 0 Å². The highest BCUT2D eigenvalue weighted by molar-refractivity contribution is 6.21. The van der Waals surface area contributed by atoms with E-state index in [9.17, 15) is 5.11 Å². The van der Waals surface area contributed by atoms with E-state index in [1.807, 2.05) is 37.3 Å². The summed E-state index contributed by atoms with van der Waals surface area (Å²) in [5.41, 5.74) is 0.888. The van der Waals surface area contributed by atoms with Crippen molar-refractivity contribution in [3.8, 4) is 0 Å². The maximum atomic E-state index is 9.66. The van der Waals surface area contributed by atoms with Gasteiger partial charge < -0.3 is 5.11 Å². The van der Waals surface area contributed by atoms with Crippen LogP contribution in [-0.2, 0) is 0 Å². The molecule has 0 aliphatic heterocycles. The second kappa shape index (κ2) is 4.48. The van der Waals surface area contributed by atoms with E-state index in [4.69, 9.17) is 11.6 Å². The first-order valence-corrected chi connectivity index (χ1v) is 4.56. The van der Waals surface area contributed by atoms with Crippen LogP contribution in [0.25, 0.3) is 0 Å². The molecule has 2 unspecified atom stereocenters. The van der Waals surface area contributed by atoms with Gasteiger partial charge in [-0.3, -0.25) is 0 Å². The Labute approximate surface area is 78.0 Å². The van der Waals surface area contributed by atoms with Crippen molar-refractivity contribution in [3.05, 3.63) is 35.9 Å². The fourth-order valence-corrected chi connectivity index (χ4v) is 1.23. The van der Waals surface area contributed by atoms with E-state index in [0.717, 1.165) is 12.0 Å². The third-order valence-electron chi connectivity index (χ3n) is 1.87. The first kappa shape index (κ1) is 9.56. The van der Waals surface area contributed by atoms with Crippen molar-refractivity contribution in [1.29, 1.82) is 0 Å². The average molecular weight is 185 g/mol. The highest BCUT2D eigenvalue weighted by atomic mass is 35.5. The van der Waals surface area contributed by atoms with Crippen molar-refractivity contribution in [1.82, 2.24) is 0 Å². The van der Waals surface area contributed by atoms with E-state index < -0.39 is 6.10 Å². The molecule has 1 nitrogen and oxygen atoms in total. The lowest BCUT2D eigenvalue weighted by molar-refractivity contribution is 0.170. The monoisotopic (exact) mass is 184 g/mol. The van der Waals surface area contributed by atoms with Crippen LogP contribution in [0.15, 0.2) is 30.3 Å². The maximum Gasteiger partial charge on any atom is 0.0953 e. The Morgan fingerprint density at radius 2 is 1.92 bits per heavy atom. The van der Waals surface area contributed by atoms with E-state index in [1.165, 1.54) is 0 Å². The Balaban J connectivity index is 2.71. The van der Waals surface area contributed by atoms with Crippen LogP contribution < -0.4 is 0 Å². The Morgan fingerprint density at radius 3 is 2.42 bits per heavy atom. The molecule has 2 heteroatoms. The van der Waals surface area contributed by atoms with Gasteiger partial charge in [0.05, 0.1) is 11.5 Å². The molecule has 0 fully saturated rings. The molecule has 66 valence electrons. The van der Waals surface area contributed by atoms with E-state index in [1.54, 1.807) is 0 Å². The summed E-state index contributed by atoms with van der Waals surface area (Å²) in [5, 5.41) is 9.47. The minimum Gasteiger partial charge on any atom is -0.387 e. The fourth-order valence-electron chi connectivity index (χ4n) is 1.08. The summed E-state index contributed by atoms with van der Waals surface area (Å²) in [6.45, 7) is 1.96. The lowest BCUT2D eigenvalue weighted by Crippen LogP contribution is -2.10. The predicted molar refractivity (Wildman–Crippen MR) is 51.3 cm³/mol. The normalized spacial score (nSPS) is 15.6. The number of hydrogen-bond acceptors (Lipinski definition) is 1. The van der Waals surface area contributed by atoms with Crippen molar-refractivity contribution in [3.63, 3.8) is 0 Å². The molecule has 0 saturated heterocycles. The van der Waals surface area contributed by atoms with E-state index in [-0.39, 0.29) is 5.38 Å². The molecule has 0 aromatic heterocycles. The number of aliphatic hydroxyl groups excluding tert-OH is 1. The molecular formula is C10H13ClO. The van der Waals surface area contributed by atoms with Crippen molar-refractivity contribution in [2.45, 2.75) is 24.8 Å². The summed E-state index contributed by atoms with van der Waals surface area (Å²) in [6, 6.07) is 9.49. The van der Waals surface area contributed by atoms with Gasteiger partial charge in [0.1, 0.15) is 0 Å². The van der Waals surface area contributed by atoms with Gasteiger partial charge in [-0.2, -0.15) is 0 Å². The Hall–Kier alpha value is -0.530. The van der Waals surface area contributed by atoms with Crippen molar-refractivity contribution in [2.24, 2.45) is 0 Å². The second-order valence-electron chi connectivity index (χ2n) is 2.78. The fraction of sp³-hybridized carbons (Fsp3) is 0.400. The summed E-state index contributed by atoms with van der Waals surface area (Å²) in [7, 11) is 0. The zero-order valence-corrected chi connectivity index (χ0v) is 7.83. The van der Waals surface area contributed by atoms with Gasteiger partial charge >= 0.3 is 0 Å². The molecule has 0 radical (unpaired) electrons. The molecule has 0 bridgehead atoms. The summed E-state index contributed by atoms with van der Waals surface area (Å²) in [6.07, 6.45) is 0.232. The van der Waals surface area contributed by atoms with Gasteiger partial charge in [0.25, 0.3) is 0 Å². The highest BCUT2D eigenvalue weighted by Crippen LogP contribution is 2.22. The number of benzene rings is 1. The van der Waals surface area contributed by atoms with E-state index in [0.29, 0.717) is 0 Å². The van der Waals surface area contributed by atoms with Gasteiger partial charge in [-0.15, -0.1) is 11.6 Å². The Bertz CT molecular complexity index is 223. The molecule has 0 saturated carbocycles. The summed E-state index contributed by atoms with van der Waals surface area (Å²) >= 11 is 5.90. The van der Waals surface area contributed by atoms with Gasteiger partial charge in [0.2, 0.25) is 0 Å². The van der Waals surface area contributed by atoms with Crippen LogP contribution in [0.1, 0.15) is 25.0 Å². The Morgan fingerprint density at radius 1 is 1.33 bits per heavy atom. The highest BCUT2D eigenvalue weighted by Gasteiger charge is 2.15. The number of halogens is 1. The molecule has 0 amide bonds. The molecule has 0 aliphatic rings. The number of rotatable bonds is 3. The quantitative estimate of drug-likeness (QED) is 0.717. The largest absolute Gasteiger partial charge is 0.387 e. The lowest BCUT2D eigenvalue weighted by Gasteiger charge is -2.14. The van der Waals surface area contributed by atoms with Crippen LogP contribution in [0, 0.1) is 0 Å². The molecule has 1 N–H and O–H groups in total. The number of aliphatic hydroxyl groups is 1. The van der Waals surface area contributed by atoms with Crippen LogP contribution in [0.4, 0.5) is 0 Å². The predicted octanol–water partition coefficient (Wildman–Crippen LogP) is 2.74. The molecule has 1 aromatic carbocycles. The Kier molecular flexibility index (Phi) is 3.57. The van der Waals surface area contributed by atoms with Gasteiger partial charge in [-0.05, 0) is 12.0 Å². The van der Waals surface area contributed by atoms with Crippen molar-refractivity contribution < 1.29 is 5.11 Å². The smallest absolute Gasteiger partial charge is 0.0953 e. The molecule has 0 heterocycles. The first-order chi connectivity index (χ1) is 5.75. The van der Waals surface area contributed by atoms with E-state index in [2.05, 4.69) is 0 Å². The average Bonchev–Trinajstić information content (AvgIpc) is 2.17. The van der Waals surface area contributed by atoms with Crippen LogP contribution in [0.5, 0.6) is 0 Å². The lowest BCUT2D eigenvalue weighted by atomic mass is 10.1. The minimum atomic E-state index is -0.544. The summed E-state index contributed by atoms with van der Waals surface area (Å²) in [5.74, 6) is 0. The van der Waals surface area contributed by atoms with Gasteiger partial charge in [-0.25, -0.2) is 0 Å². The SMILES string of the molecule is CCC(Cl)C(O)c1ccccc1. The van der Waals surface area contributed by atoms with E-state index >= 15 is 0 Å². The summed E-state index contributed by atoms with van der Waals surface area (Å²) in [4.78, 5) is 0. The molecule has 1 aromatic rings. The third-order valence-corrected chi connectivity index (χ3v) is 2.42. The van der Waals surface area contributed by atoms with Crippen LogP contribution >= 0.6 is 11.6 Å². The molecule has 2 atom stereocenters. The van der Waals surface area contributed by atoms with Gasteiger partial charge in [-0.1, -0.05) is 37.3 Å². The zero-order valence-electron chi connectivity index (χ0n) is 7.07. The minimum absolute atomic E-state index is 0.188. The first-order valence-electron chi connectivity index (χ1n) is 4.12. The molecule has 0 aliphatic carbocycles. The standard InChI is InChI=1S/C10H13ClO/c1-2-9(11)10(12)8-6-4-3-5-7-8/h3-7,9-10,12H,2H2,1H3. The summed E-state index contributed by atoms with van der Waals surface area (Å²) < 4.78 is 0. The van der Waals surface area contributed by atoms with Gasteiger partial charge in [0, 0.05) is 0 Å². The molecule has 1 rings (SSSR count). The van der Waals surface area contributed by atoms with Crippen molar-refractivity contribution >= 4 is 11.6 Å². The number of hydrogen-bond donors (Lipinski definition) is 1. The second-order valence-corrected chi connectivity index (χ2v) is 3.34. The third kappa shape index (κ3) is 2.23. The zero-order chi connectivity index (χ0) is 8.97. The molecular weight excluding hydrogens is 172 g/mol. The number of alkyl halides is 1. The topological polar surface area (TPSA) is 20.2 Å². The van der Waals surface area contributed by atoms with Crippen LogP contribution in [0.2, 0.25) is 0 Å². The maximum absolute atomic E-state index is 9.66. The van der Waals surface area contributed by atoms with Crippen molar-refractivity contribution in [2.75, 3.05) is 0 Å². The molecule has 0 spiro atoms.